The summed E-state index contributed by atoms with van der Waals surface area (Å²) in [7, 11) is 1.52. The number of benzene rings is 1. The third-order valence-electron chi connectivity index (χ3n) is 6.33. The number of aromatic nitrogens is 3. The summed E-state index contributed by atoms with van der Waals surface area (Å²) in [6.45, 7) is 2.63. The highest BCUT2D eigenvalue weighted by Crippen LogP contribution is 2.35. The number of carbonyl (C=O) groups is 3. The first-order chi connectivity index (χ1) is 17.9. The number of hydrogen-bond donors (Lipinski definition) is 3. The van der Waals surface area contributed by atoms with Crippen LogP contribution in [0.15, 0.2) is 45.2 Å². The van der Waals surface area contributed by atoms with Gasteiger partial charge in [0.15, 0.2) is 11.1 Å². The molecule has 1 atom stereocenters. The first-order valence-corrected chi connectivity index (χ1v) is 11.5. The number of anilines is 1. The van der Waals surface area contributed by atoms with Crippen LogP contribution in [0.4, 0.5) is 10.8 Å². The first-order valence-electron chi connectivity index (χ1n) is 11.5. The fraction of sp³-hybridized carbons (Fsp3) is 0.250. The van der Waals surface area contributed by atoms with Crippen molar-refractivity contribution in [1.29, 1.82) is 0 Å². The molecule has 0 radical (unpaired) electrons. The molecule has 1 saturated heterocycles. The lowest BCUT2D eigenvalue weighted by Crippen LogP contribution is -2.52. The zero-order chi connectivity index (χ0) is 25.7. The molecule has 13 nitrogen and oxygen atoms in total. The third-order valence-corrected chi connectivity index (χ3v) is 6.33. The summed E-state index contributed by atoms with van der Waals surface area (Å²) in [6.07, 6.45) is 0. The van der Waals surface area contributed by atoms with Crippen molar-refractivity contribution in [2.75, 3.05) is 25.5 Å². The summed E-state index contributed by atoms with van der Waals surface area (Å²) >= 11 is 0. The minimum atomic E-state index is -1.65. The van der Waals surface area contributed by atoms with Gasteiger partial charge in [-0.1, -0.05) is 11.2 Å². The van der Waals surface area contributed by atoms with Crippen LogP contribution in [0.3, 0.4) is 0 Å². The Labute approximate surface area is 209 Å². The van der Waals surface area contributed by atoms with Gasteiger partial charge in [-0.05, 0) is 36.8 Å². The maximum Gasteiger partial charge on any atom is 0.322 e. The molecule has 3 aromatic heterocycles. The van der Waals surface area contributed by atoms with Crippen LogP contribution in [-0.4, -0.2) is 58.1 Å². The van der Waals surface area contributed by atoms with E-state index in [-0.39, 0.29) is 36.7 Å². The van der Waals surface area contributed by atoms with Gasteiger partial charge in [-0.2, -0.15) is 0 Å². The summed E-state index contributed by atoms with van der Waals surface area (Å²) in [6, 6.07) is 9.67. The highest BCUT2D eigenvalue weighted by molar-refractivity contribution is 6.08. The quantitative estimate of drug-likeness (QED) is 0.318. The van der Waals surface area contributed by atoms with E-state index in [1.165, 1.54) is 12.0 Å². The van der Waals surface area contributed by atoms with Gasteiger partial charge < -0.3 is 29.1 Å². The largest absolute Gasteiger partial charge is 0.497 e. The molecule has 188 valence electrons. The lowest BCUT2D eigenvalue weighted by atomic mass is 9.95. The summed E-state index contributed by atoms with van der Waals surface area (Å²) < 4.78 is 16.8. The molecule has 4 amide bonds. The van der Waals surface area contributed by atoms with Crippen molar-refractivity contribution in [1.82, 2.24) is 30.7 Å². The number of nitrogens with zero attached hydrogens (tertiary/aromatic N) is 4. The Hall–Kier alpha value is -4.94. The molecule has 2 aliphatic rings. The van der Waals surface area contributed by atoms with Crippen molar-refractivity contribution < 1.29 is 28.0 Å². The van der Waals surface area contributed by atoms with Crippen LogP contribution in [0.25, 0.3) is 22.7 Å². The van der Waals surface area contributed by atoms with Crippen molar-refractivity contribution in [2.45, 2.75) is 19.0 Å². The van der Waals surface area contributed by atoms with Crippen LogP contribution in [0.5, 0.6) is 5.75 Å². The average molecular weight is 503 g/mol. The van der Waals surface area contributed by atoms with Crippen LogP contribution in [0, 0.1) is 0 Å². The number of carbonyl (C=O) groups excluding carboxylic acids is 3. The minimum absolute atomic E-state index is 0.135. The Bertz CT molecular complexity index is 1580. The van der Waals surface area contributed by atoms with Crippen molar-refractivity contribution in [3.05, 3.63) is 53.3 Å². The number of ether oxygens (including phenoxy) is 1. The monoisotopic (exact) mass is 503 g/mol. The fourth-order valence-electron chi connectivity index (χ4n) is 4.54. The van der Waals surface area contributed by atoms with Crippen molar-refractivity contribution >= 4 is 35.0 Å². The average Bonchev–Trinajstić information content (AvgIpc) is 3.65. The molecule has 0 bridgehead atoms. The van der Waals surface area contributed by atoms with E-state index in [0.29, 0.717) is 34.7 Å². The van der Waals surface area contributed by atoms with Gasteiger partial charge in [0.2, 0.25) is 0 Å². The number of pyridine rings is 1. The zero-order valence-corrected chi connectivity index (χ0v) is 19.8. The van der Waals surface area contributed by atoms with Crippen molar-refractivity contribution in [3.8, 4) is 17.3 Å². The lowest BCUT2D eigenvalue weighted by Gasteiger charge is -2.28. The van der Waals surface area contributed by atoms with Gasteiger partial charge in [0, 0.05) is 24.7 Å². The Balaban J connectivity index is 1.35. The molecule has 37 heavy (non-hydrogen) atoms. The standard InChI is InChI=1S/C24H21N7O6/c1-3-25-23-30-29-19(37-23)15-6-7-17-16(26-15)9-18(36-17)24(21(33)27-22(34)28-24)11-31-10-12-4-5-13(35-2)8-14(12)20(31)32/h4-9H,3,10-11H2,1-2H3,(H,25,30)(H2,27,28,33,34)/t24-/m0/s1. The number of rotatable bonds is 7. The summed E-state index contributed by atoms with van der Waals surface area (Å²) in [5.41, 5.74) is 0.806. The molecule has 2 aliphatic heterocycles. The van der Waals surface area contributed by atoms with E-state index in [0.717, 1.165) is 5.56 Å². The maximum atomic E-state index is 13.2. The SMILES string of the molecule is CCNc1nnc(-c2ccc3oc([C@]4(CN5Cc6ccc(OC)cc6C5=O)NC(=O)NC4=O)cc3n2)o1. The second kappa shape index (κ2) is 8.33. The van der Waals surface area contributed by atoms with E-state index in [2.05, 4.69) is 31.1 Å². The molecule has 13 heteroatoms. The molecule has 0 unspecified atom stereocenters. The number of urea groups is 1. The number of nitrogens with one attached hydrogen (secondary N) is 3. The van der Waals surface area contributed by atoms with Crippen LogP contribution >= 0.6 is 0 Å². The Morgan fingerprint density at radius 3 is 2.76 bits per heavy atom. The molecule has 1 aromatic carbocycles. The summed E-state index contributed by atoms with van der Waals surface area (Å²) in [5.74, 6) is -0.0284. The van der Waals surface area contributed by atoms with Crippen LogP contribution < -0.4 is 20.7 Å². The number of hydrogen-bond acceptors (Lipinski definition) is 10. The fourth-order valence-corrected chi connectivity index (χ4v) is 4.54. The molecule has 4 aromatic rings. The molecular weight excluding hydrogens is 482 g/mol. The maximum absolute atomic E-state index is 13.2. The van der Waals surface area contributed by atoms with E-state index in [1.807, 2.05) is 6.92 Å². The smallest absolute Gasteiger partial charge is 0.322 e. The third kappa shape index (κ3) is 3.63. The normalized spacial score (nSPS) is 18.8. The van der Waals surface area contributed by atoms with Crippen molar-refractivity contribution in [3.63, 3.8) is 0 Å². The molecule has 3 N–H and O–H groups in total. The lowest BCUT2D eigenvalue weighted by molar-refractivity contribution is -0.125. The summed E-state index contributed by atoms with van der Waals surface area (Å²) in [4.78, 5) is 44.6. The summed E-state index contributed by atoms with van der Waals surface area (Å²) in [5, 5.41) is 15.8. The van der Waals surface area contributed by atoms with Crippen LogP contribution in [-0.2, 0) is 16.9 Å². The molecule has 6 rings (SSSR count). The zero-order valence-electron chi connectivity index (χ0n) is 19.8. The highest BCUT2D eigenvalue weighted by Gasteiger charge is 2.53. The number of amides is 4. The van der Waals surface area contributed by atoms with Gasteiger partial charge >= 0.3 is 12.0 Å². The Morgan fingerprint density at radius 1 is 1.14 bits per heavy atom. The van der Waals surface area contributed by atoms with Crippen LogP contribution in [0.1, 0.15) is 28.6 Å². The molecular formula is C24H21N7O6. The van der Waals surface area contributed by atoms with Crippen molar-refractivity contribution in [2.24, 2.45) is 0 Å². The second-order valence-electron chi connectivity index (χ2n) is 8.63. The van der Waals surface area contributed by atoms with Crippen LogP contribution in [0.2, 0.25) is 0 Å². The van der Waals surface area contributed by atoms with Gasteiger partial charge in [0.05, 0.1) is 13.7 Å². The van der Waals surface area contributed by atoms with Gasteiger partial charge in [-0.25, -0.2) is 9.78 Å². The van der Waals surface area contributed by atoms with E-state index in [1.54, 1.807) is 36.4 Å². The molecule has 0 saturated carbocycles. The number of imide groups is 1. The predicted octanol–water partition coefficient (Wildman–Crippen LogP) is 2.01. The number of furan rings is 1. The minimum Gasteiger partial charge on any atom is -0.497 e. The Morgan fingerprint density at radius 2 is 2.00 bits per heavy atom. The molecule has 0 aliphatic carbocycles. The van der Waals surface area contributed by atoms with E-state index in [9.17, 15) is 14.4 Å². The Kier molecular flexibility index (Phi) is 5.07. The van der Waals surface area contributed by atoms with Gasteiger partial charge in [0.1, 0.15) is 22.7 Å². The topological polar surface area (TPSA) is 165 Å². The van der Waals surface area contributed by atoms with E-state index < -0.39 is 17.5 Å². The van der Waals surface area contributed by atoms with E-state index >= 15 is 0 Å². The van der Waals surface area contributed by atoms with E-state index in [4.69, 9.17) is 13.6 Å². The van der Waals surface area contributed by atoms with Gasteiger partial charge in [-0.15, -0.1) is 5.10 Å². The molecule has 0 spiro atoms. The first kappa shape index (κ1) is 22.5. The second-order valence-corrected chi connectivity index (χ2v) is 8.63. The van der Waals surface area contributed by atoms with Gasteiger partial charge in [0.25, 0.3) is 17.7 Å². The molecule has 5 heterocycles. The highest BCUT2D eigenvalue weighted by atomic mass is 16.5. The number of fused-ring (bicyclic) bond motifs is 2. The number of methoxy groups -OCH3 is 1. The van der Waals surface area contributed by atoms with Gasteiger partial charge in [-0.3, -0.25) is 14.9 Å². The predicted molar refractivity (Wildman–Crippen MR) is 128 cm³/mol. The molecule has 1 fully saturated rings.